The third-order valence-electron chi connectivity index (χ3n) is 2.73. The maximum Gasteiger partial charge on any atom is 0.417 e. The Morgan fingerprint density at radius 3 is 2.23 bits per heavy atom. The summed E-state index contributed by atoms with van der Waals surface area (Å²) in [6.07, 6.45) is -2.49. The predicted octanol–water partition coefficient (Wildman–Crippen LogP) is 4.41. The molecular formula is C15H9F5NO. The summed E-state index contributed by atoms with van der Waals surface area (Å²) in [5.74, 6) is -1.66. The van der Waals surface area contributed by atoms with Crippen LogP contribution in [-0.2, 0) is 17.6 Å². The van der Waals surface area contributed by atoms with E-state index in [0.29, 0.717) is 0 Å². The quantitative estimate of drug-likeness (QED) is 0.465. The first-order valence-corrected chi connectivity index (χ1v) is 6.06. The van der Waals surface area contributed by atoms with Gasteiger partial charge in [-0.3, -0.25) is 0 Å². The molecule has 0 N–H and O–H groups in total. The lowest BCUT2D eigenvalue weighted by atomic mass is 10.1. The van der Waals surface area contributed by atoms with Crippen LogP contribution in [0.1, 0.15) is 16.7 Å². The van der Waals surface area contributed by atoms with Gasteiger partial charge in [0, 0.05) is 5.56 Å². The summed E-state index contributed by atoms with van der Waals surface area (Å²) in [6, 6.07) is 7.88. The van der Waals surface area contributed by atoms with Gasteiger partial charge in [-0.1, -0.05) is 29.4 Å². The molecule has 2 nitrogen and oxygen atoms in total. The van der Waals surface area contributed by atoms with Crippen molar-refractivity contribution >= 4 is 6.21 Å². The van der Waals surface area contributed by atoms with E-state index in [9.17, 15) is 22.0 Å². The molecule has 7 heteroatoms. The topological polar surface area (TPSA) is 21.6 Å². The van der Waals surface area contributed by atoms with Crippen molar-refractivity contribution in [3.63, 3.8) is 0 Å². The standard InChI is InChI=1S/C15H9F5NO/c16-13-6-3-7-14(17)11(13)9-22-21-8-10-4-1-2-5-12(10)15(18,19)20/h1-7H,9H2. The van der Waals surface area contributed by atoms with Gasteiger partial charge in [0.05, 0.1) is 11.1 Å². The van der Waals surface area contributed by atoms with Crippen LogP contribution in [0.2, 0.25) is 0 Å². The molecule has 0 amide bonds. The maximum atomic E-state index is 13.3. The molecule has 0 saturated carbocycles. The molecule has 2 aromatic rings. The monoisotopic (exact) mass is 314 g/mol. The second kappa shape index (κ2) is 6.55. The number of rotatable bonds is 4. The van der Waals surface area contributed by atoms with E-state index in [2.05, 4.69) is 16.2 Å². The van der Waals surface area contributed by atoms with Crippen LogP contribution in [0.5, 0.6) is 0 Å². The molecule has 2 aromatic carbocycles. The molecule has 0 aliphatic rings. The highest BCUT2D eigenvalue weighted by atomic mass is 19.4. The molecule has 0 unspecified atom stereocenters. The number of alkyl halides is 3. The zero-order chi connectivity index (χ0) is 16.2. The Labute approximate surface area is 122 Å². The number of hydrogen-bond donors (Lipinski definition) is 0. The molecule has 22 heavy (non-hydrogen) atoms. The van der Waals surface area contributed by atoms with Crippen molar-refractivity contribution in [3.05, 3.63) is 70.8 Å². The predicted molar refractivity (Wildman–Crippen MR) is 69.1 cm³/mol. The van der Waals surface area contributed by atoms with E-state index in [4.69, 9.17) is 0 Å². The van der Waals surface area contributed by atoms with E-state index < -0.39 is 30.0 Å². The van der Waals surface area contributed by atoms with Gasteiger partial charge in [0.25, 0.3) is 0 Å². The minimum Gasteiger partial charge on any atom is -0.390 e. The van der Waals surface area contributed by atoms with Gasteiger partial charge in [0.1, 0.15) is 24.5 Å². The SMILES string of the molecule is Fc1cccc(F)c1CO/N=[C]\c1ccccc1C(F)(F)F. The minimum atomic E-state index is -4.56. The minimum absolute atomic E-state index is 0.330. The summed E-state index contributed by atoms with van der Waals surface area (Å²) in [4.78, 5) is 4.62. The van der Waals surface area contributed by atoms with Crippen LogP contribution in [0.4, 0.5) is 22.0 Å². The third kappa shape index (κ3) is 3.81. The first-order valence-electron chi connectivity index (χ1n) is 6.06. The average molecular weight is 314 g/mol. The van der Waals surface area contributed by atoms with Gasteiger partial charge < -0.3 is 4.84 Å². The highest BCUT2D eigenvalue weighted by Gasteiger charge is 2.32. The Hall–Kier alpha value is -2.44. The van der Waals surface area contributed by atoms with Crippen LogP contribution in [0.25, 0.3) is 0 Å². The van der Waals surface area contributed by atoms with Crippen molar-refractivity contribution in [3.8, 4) is 0 Å². The Bertz CT molecular complexity index is 662. The van der Waals surface area contributed by atoms with E-state index in [1.165, 1.54) is 18.2 Å². The van der Waals surface area contributed by atoms with Crippen LogP contribution in [-0.4, -0.2) is 6.21 Å². The van der Waals surface area contributed by atoms with Crippen LogP contribution in [0.15, 0.2) is 47.6 Å². The van der Waals surface area contributed by atoms with E-state index >= 15 is 0 Å². The van der Waals surface area contributed by atoms with Crippen molar-refractivity contribution < 1.29 is 26.8 Å². The lowest BCUT2D eigenvalue weighted by Gasteiger charge is -2.08. The number of halogens is 5. The normalized spacial score (nSPS) is 11.9. The summed E-state index contributed by atoms with van der Waals surface area (Å²) < 4.78 is 64.7. The summed E-state index contributed by atoms with van der Waals surface area (Å²) in [6.45, 7) is -0.556. The Morgan fingerprint density at radius 1 is 0.955 bits per heavy atom. The zero-order valence-corrected chi connectivity index (χ0v) is 11.0. The second-order valence-corrected chi connectivity index (χ2v) is 4.22. The zero-order valence-electron chi connectivity index (χ0n) is 11.0. The molecule has 0 spiro atoms. The van der Waals surface area contributed by atoms with E-state index in [1.807, 2.05) is 0 Å². The summed E-state index contributed by atoms with van der Waals surface area (Å²) in [5, 5.41) is 3.21. The third-order valence-corrected chi connectivity index (χ3v) is 2.73. The highest BCUT2D eigenvalue weighted by molar-refractivity contribution is 5.81. The smallest absolute Gasteiger partial charge is 0.390 e. The molecule has 0 aliphatic heterocycles. The summed E-state index contributed by atoms with van der Waals surface area (Å²) >= 11 is 0. The van der Waals surface area contributed by atoms with Crippen molar-refractivity contribution in [1.82, 2.24) is 0 Å². The van der Waals surface area contributed by atoms with Gasteiger partial charge in [0.15, 0.2) is 0 Å². The van der Waals surface area contributed by atoms with Crippen LogP contribution in [0, 0.1) is 11.6 Å². The fraction of sp³-hybridized carbons (Fsp3) is 0.133. The Kier molecular flexibility index (Phi) is 4.75. The number of nitrogens with zero attached hydrogens (tertiary/aromatic N) is 1. The van der Waals surface area contributed by atoms with Gasteiger partial charge >= 0.3 is 6.18 Å². The molecule has 0 fully saturated rings. The molecule has 0 aromatic heterocycles. The maximum absolute atomic E-state index is 13.3. The van der Waals surface area contributed by atoms with Gasteiger partial charge in [-0.05, 0) is 18.2 Å². The van der Waals surface area contributed by atoms with Crippen molar-refractivity contribution in [2.45, 2.75) is 12.8 Å². The Balaban J connectivity index is 2.08. The van der Waals surface area contributed by atoms with Crippen LogP contribution in [0.3, 0.4) is 0 Å². The average Bonchev–Trinajstić information content (AvgIpc) is 2.45. The van der Waals surface area contributed by atoms with Gasteiger partial charge in [-0.2, -0.15) is 13.2 Å². The molecule has 0 atom stereocenters. The van der Waals surface area contributed by atoms with E-state index in [0.717, 1.165) is 24.3 Å². The molecule has 2 rings (SSSR count). The first kappa shape index (κ1) is 15.9. The number of benzene rings is 2. The summed E-state index contributed by atoms with van der Waals surface area (Å²) in [7, 11) is 0. The fourth-order valence-electron chi connectivity index (χ4n) is 1.68. The van der Waals surface area contributed by atoms with Gasteiger partial charge in [0.2, 0.25) is 0 Å². The van der Waals surface area contributed by atoms with Crippen LogP contribution < -0.4 is 0 Å². The Morgan fingerprint density at radius 2 is 1.59 bits per heavy atom. The summed E-state index contributed by atoms with van der Waals surface area (Å²) in [5.41, 5.74) is -1.62. The van der Waals surface area contributed by atoms with E-state index in [-0.39, 0.29) is 11.1 Å². The van der Waals surface area contributed by atoms with Gasteiger partial charge in [-0.25, -0.2) is 8.78 Å². The molecule has 1 radical (unpaired) electrons. The van der Waals surface area contributed by atoms with Gasteiger partial charge in [-0.15, -0.1) is 0 Å². The molecular weight excluding hydrogens is 305 g/mol. The second-order valence-electron chi connectivity index (χ2n) is 4.22. The van der Waals surface area contributed by atoms with E-state index in [1.54, 1.807) is 0 Å². The number of hydrogen-bond acceptors (Lipinski definition) is 2. The lowest BCUT2D eigenvalue weighted by molar-refractivity contribution is -0.137. The van der Waals surface area contributed by atoms with Crippen LogP contribution >= 0.6 is 0 Å². The molecule has 115 valence electrons. The fourth-order valence-corrected chi connectivity index (χ4v) is 1.68. The van der Waals surface area contributed by atoms with Crippen molar-refractivity contribution in [2.75, 3.05) is 0 Å². The molecule has 0 aliphatic carbocycles. The highest BCUT2D eigenvalue weighted by Crippen LogP contribution is 2.31. The lowest BCUT2D eigenvalue weighted by Crippen LogP contribution is -2.08. The van der Waals surface area contributed by atoms with Crippen molar-refractivity contribution in [2.24, 2.45) is 5.16 Å². The van der Waals surface area contributed by atoms with Crippen molar-refractivity contribution in [1.29, 1.82) is 0 Å². The molecule has 0 heterocycles. The largest absolute Gasteiger partial charge is 0.417 e. The molecule has 0 saturated heterocycles. The first-order chi connectivity index (χ1) is 10.4. The molecule has 0 bridgehead atoms.